The molecule has 1 amide bonds. The van der Waals surface area contributed by atoms with Crippen molar-refractivity contribution >= 4 is 11.6 Å². The van der Waals surface area contributed by atoms with Crippen LogP contribution in [0.25, 0.3) is 0 Å². The zero-order valence-electron chi connectivity index (χ0n) is 13.8. The van der Waals surface area contributed by atoms with Crippen molar-refractivity contribution in [1.29, 1.82) is 0 Å². The Bertz CT molecular complexity index is 677. The molecular weight excluding hydrogens is 305 g/mol. The van der Waals surface area contributed by atoms with Gasteiger partial charge in [0, 0.05) is 19.6 Å². The van der Waals surface area contributed by atoms with Crippen LogP contribution in [0.5, 0.6) is 0 Å². The first-order chi connectivity index (χ1) is 11.6. The molecule has 1 aromatic carbocycles. The van der Waals surface area contributed by atoms with E-state index in [4.69, 9.17) is 0 Å². The molecule has 1 aliphatic heterocycles. The van der Waals surface area contributed by atoms with Gasteiger partial charge in [-0.3, -0.25) is 4.79 Å². The molecule has 126 valence electrons. The number of nitrogens with one attached hydrogen (secondary N) is 1. The standard InChI is InChI=1S/C19H22FN3O/c1-14-8-10-23(11-9-14)17-6-7-18(21-13-17)19(24)22-12-15-2-4-16(20)5-3-15/h2-7,13-14H,8-12H2,1H3,(H,22,24). The largest absolute Gasteiger partial charge is 0.370 e. The Morgan fingerprint density at radius 3 is 2.54 bits per heavy atom. The van der Waals surface area contributed by atoms with Crippen LogP contribution in [0.1, 0.15) is 35.8 Å². The summed E-state index contributed by atoms with van der Waals surface area (Å²) in [6.07, 6.45) is 4.16. The molecule has 0 unspecified atom stereocenters. The van der Waals surface area contributed by atoms with Crippen LogP contribution >= 0.6 is 0 Å². The predicted molar refractivity (Wildman–Crippen MR) is 92.4 cm³/mol. The van der Waals surface area contributed by atoms with Gasteiger partial charge in [-0.2, -0.15) is 0 Å². The highest BCUT2D eigenvalue weighted by molar-refractivity contribution is 5.92. The highest BCUT2D eigenvalue weighted by atomic mass is 19.1. The first-order valence-electron chi connectivity index (χ1n) is 8.35. The Labute approximate surface area is 141 Å². The number of pyridine rings is 1. The number of aromatic nitrogens is 1. The minimum absolute atomic E-state index is 0.224. The lowest BCUT2D eigenvalue weighted by Gasteiger charge is -2.31. The fraction of sp³-hybridized carbons (Fsp3) is 0.368. The molecule has 4 nitrogen and oxygen atoms in total. The van der Waals surface area contributed by atoms with Gasteiger partial charge < -0.3 is 10.2 Å². The van der Waals surface area contributed by atoms with E-state index in [0.717, 1.165) is 30.3 Å². The summed E-state index contributed by atoms with van der Waals surface area (Å²) in [5.74, 6) is 0.276. The van der Waals surface area contributed by atoms with Crippen LogP contribution in [0.3, 0.4) is 0 Å². The van der Waals surface area contributed by atoms with Gasteiger partial charge in [-0.25, -0.2) is 9.37 Å². The van der Waals surface area contributed by atoms with Gasteiger partial charge in [-0.15, -0.1) is 0 Å². The number of hydrogen-bond donors (Lipinski definition) is 1. The maximum absolute atomic E-state index is 12.9. The van der Waals surface area contributed by atoms with Crippen molar-refractivity contribution in [1.82, 2.24) is 10.3 Å². The Kier molecular flexibility index (Phi) is 5.08. The van der Waals surface area contributed by atoms with Crippen LogP contribution in [0, 0.1) is 11.7 Å². The number of halogens is 1. The van der Waals surface area contributed by atoms with Crippen molar-refractivity contribution in [3.8, 4) is 0 Å². The second-order valence-corrected chi connectivity index (χ2v) is 6.38. The summed E-state index contributed by atoms with van der Waals surface area (Å²) < 4.78 is 12.9. The number of carbonyl (C=O) groups is 1. The molecule has 1 aliphatic rings. The first-order valence-corrected chi connectivity index (χ1v) is 8.35. The molecule has 2 heterocycles. The zero-order valence-corrected chi connectivity index (χ0v) is 13.8. The van der Waals surface area contributed by atoms with Crippen molar-refractivity contribution in [3.63, 3.8) is 0 Å². The lowest BCUT2D eigenvalue weighted by molar-refractivity contribution is 0.0946. The Balaban J connectivity index is 1.56. The van der Waals surface area contributed by atoms with E-state index >= 15 is 0 Å². The Morgan fingerprint density at radius 1 is 1.21 bits per heavy atom. The average Bonchev–Trinajstić information content (AvgIpc) is 2.62. The third-order valence-corrected chi connectivity index (χ3v) is 4.50. The third-order valence-electron chi connectivity index (χ3n) is 4.50. The van der Waals surface area contributed by atoms with Crippen LogP contribution in [0.4, 0.5) is 10.1 Å². The second-order valence-electron chi connectivity index (χ2n) is 6.38. The molecule has 0 radical (unpaired) electrons. The number of hydrogen-bond acceptors (Lipinski definition) is 3. The quantitative estimate of drug-likeness (QED) is 0.936. The monoisotopic (exact) mass is 327 g/mol. The van der Waals surface area contributed by atoms with Gasteiger partial charge in [0.05, 0.1) is 11.9 Å². The van der Waals surface area contributed by atoms with Gasteiger partial charge in [-0.1, -0.05) is 19.1 Å². The molecule has 0 aliphatic carbocycles. The van der Waals surface area contributed by atoms with E-state index < -0.39 is 0 Å². The van der Waals surface area contributed by atoms with Gasteiger partial charge in [0.1, 0.15) is 11.5 Å². The maximum atomic E-state index is 12.9. The van der Waals surface area contributed by atoms with E-state index in [1.54, 1.807) is 24.4 Å². The molecule has 0 atom stereocenters. The van der Waals surface area contributed by atoms with Crippen LogP contribution in [0.2, 0.25) is 0 Å². The molecule has 0 saturated carbocycles. The van der Waals surface area contributed by atoms with Gasteiger partial charge in [-0.05, 0) is 48.6 Å². The molecule has 0 bridgehead atoms. The van der Waals surface area contributed by atoms with E-state index in [9.17, 15) is 9.18 Å². The summed E-state index contributed by atoms with van der Waals surface area (Å²) in [6, 6.07) is 9.79. The Morgan fingerprint density at radius 2 is 1.92 bits per heavy atom. The second kappa shape index (κ2) is 7.43. The number of amides is 1. The van der Waals surface area contributed by atoms with Gasteiger partial charge in [0.25, 0.3) is 5.91 Å². The number of benzene rings is 1. The van der Waals surface area contributed by atoms with Crippen LogP contribution < -0.4 is 10.2 Å². The highest BCUT2D eigenvalue weighted by Crippen LogP contribution is 2.22. The van der Waals surface area contributed by atoms with E-state index in [1.807, 2.05) is 6.07 Å². The minimum Gasteiger partial charge on any atom is -0.370 e. The SMILES string of the molecule is CC1CCN(c2ccc(C(=O)NCc3ccc(F)cc3)nc2)CC1. The summed E-state index contributed by atoms with van der Waals surface area (Å²) in [5, 5.41) is 2.80. The molecule has 5 heteroatoms. The van der Waals surface area contributed by atoms with E-state index in [0.29, 0.717) is 12.2 Å². The van der Waals surface area contributed by atoms with Gasteiger partial charge in [0.2, 0.25) is 0 Å². The number of carbonyl (C=O) groups excluding carboxylic acids is 1. The van der Waals surface area contributed by atoms with Gasteiger partial charge >= 0.3 is 0 Å². The average molecular weight is 327 g/mol. The molecule has 2 aromatic rings. The normalized spacial score (nSPS) is 15.3. The predicted octanol–water partition coefficient (Wildman–Crippen LogP) is 3.39. The van der Waals surface area contributed by atoms with Crippen molar-refractivity contribution in [2.45, 2.75) is 26.3 Å². The minimum atomic E-state index is -0.283. The molecule has 1 aromatic heterocycles. The van der Waals surface area contributed by atoms with E-state index in [-0.39, 0.29) is 11.7 Å². The van der Waals surface area contributed by atoms with Crippen molar-refractivity contribution in [3.05, 3.63) is 59.7 Å². The summed E-state index contributed by atoms with van der Waals surface area (Å²) in [6.45, 7) is 4.72. The molecular formula is C19H22FN3O. The van der Waals surface area contributed by atoms with E-state index in [1.165, 1.54) is 25.0 Å². The molecule has 1 fully saturated rings. The number of rotatable bonds is 4. The van der Waals surface area contributed by atoms with Crippen molar-refractivity contribution < 1.29 is 9.18 Å². The molecule has 1 N–H and O–H groups in total. The summed E-state index contributed by atoms with van der Waals surface area (Å²) in [5.41, 5.74) is 2.31. The summed E-state index contributed by atoms with van der Waals surface area (Å²) >= 11 is 0. The maximum Gasteiger partial charge on any atom is 0.270 e. The van der Waals surface area contributed by atoms with Gasteiger partial charge in [0.15, 0.2) is 0 Å². The molecule has 3 rings (SSSR count). The first kappa shape index (κ1) is 16.4. The van der Waals surface area contributed by atoms with Crippen LogP contribution in [-0.4, -0.2) is 24.0 Å². The number of nitrogens with zero attached hydrogens (tertiary/aromatic N) is 2. The van der Waals surface area contributed by atoms with Crippen LogP contribution in [-0.2, 0) is 6.54 Å². The van der Waals surface area contributed by atoms with Crippen LogP contribution in [0.15, 0.2) is 42.6 Å². The lowest BCUT2D eigenvalue weighted by atomic mass is 9.99. The summed E-state index contributed by atoms with van der Waals surface area (Å²) in [4.78, 5) is 18.8. The smallest absolute Gasteiger partial charge is 0.270 e. The fourth-order valence-corrected chi connectivity index (χ4v) is 2.85. The molecule has 0 spiro atoms. The van der Waals surface area contributed by atoms with Crippen molar-refractivity contribution in [2.75, 3.05) is 18.0 Å². The van der Waals surface area contributed by atoms with E-state index in [2.05, 4.69) is 22.1 Å². The third kappa shape index (κ3) is 4.10. The zero-order chi connectivity index (χ0) is 16.9. The fourth-order valence-electron chi connectivity index (χ4n) is 2.85. The Hall–Kier alpha value is -2.43. The molecule has 1 saturated heterocycles. The highest BCUT2D eigenvalue weighted by Gasteiger charge is 2.16. The topological polar surface area (TPSA) is 45.2 Å². The van der Waals surface area contributed by atoms with Crippen molar-refractivity contribution in [2.24, 2.45) is 5.92 Å². The summed E-state index contributed by atoms with van der Waals surface area (Å²) in [7, 11) is 0. The number of anilines is 1. The molecule has 24 heavy (non-hydrogen) atoms. The lowest BCUT2D eigenvalue weighted by Crippen LogP contribution is -2.33. The number of piperidine rings is 1.